The predicted molar refractivity (Wildman–Crippen MR) is 121 cm³/mol. The zero-order valence-electron chi connectivity index (χ0n) is 17.6. The molecule has 1 amide bonds. The number of amidine groups is 1. The Hall–Kier alpha value is -3.13. The van der Waals surface area contributed by atoms with Crippen molar-refractivity contribution in [3.63, 3.8) is 0 Å². The summed E-state index contributed by atoms with van der Waals surface area (Å²) in [6.45, 7) is 7.73. The second-order valence-electron chi connectivity index (χ2n) is 7.76. The first kappa shape index (κ1) is 22.1. The number of anilines is 1. The summed E-state index contributed by atoms with van der Waals surface area (Å²) in [6, 6.07) is 4.80. The zero-order chi connectivity index (χ0) is 23.0. The van der Waals surface area contributed by atoms with Gasteiger partial charge in [0, 0.05) is 55.0 Å². The highest BCUT2D eigenvalue weighted by Crippen LogP contribution is 2.46. The number of hydrogen-bond donors (Lipinski definition) is 2. The summed E-state index contributed by atoms with van der Waals surface area (Å²) in [4.78, 5) is 15.5. The fraction of sp³-hybridized carbons (Fsp3) is 0.304. The number of halogens is 3. The van der Waals surface area contributed by atoms with Crippen molar-refractivity contribution < 1.29 is 18.3 Å². The van der Waals surface area contributed by atoms with Crippen LogP contribution in [-0.2, 0) is 4.79 Å². The molecule has 9 heteroatoms. The number of ether oxygens (including phenoxy) is 1. The SMILES string of the molecule is C=CC(=O)N1CCN(C(=N)c2cc(Cl)c(-c3ccc(F)cc3F)c3c2NCCO3)[C@@H](C)C1. The van der Waals surface area contributed by atoms with E-state index >= 15 is 0 Å². The number of amides is 1. The first-order valence-corrected chi connectivity index (χ1v) is 10.6. The van der Waals surface area contributed by atoms with Gasteiger partial charge in [-0.25, -0.2) is 8.78 Å². The lowest BCUT2D eigenvalue weighted by Gasteiger charge is -2.41. The minimum Gasteiger partial charge on any atom is -0.489 e. The van der Waals surface area contributed by atoms with E-state index in [9.17, 15) is 13.6 Å². The van der Waals surface area contributed by atoms with E-state index in [1.807, 2.05) is 11.8 Å². The van der Waals surface area contributed by atoms with Crippen LogP contribution in [0.2, 0.25) is 5.02 Å². The molecule has 0 radical (unpaired) electrons. The van der Waals surface area contributed by atoms with Crippen molar-refractivity contribution in [3.8, 4) is 16.9 Å². The molecule has 2 aliphatic rings. The zero-order valence-corrected chi connectivity index (χ0v) is 18.3. The van der Waals surface area contributed by atoms with Gasteiger partial charge in [0.25, 0.3) is 0 Å². The van der Waals surface area contributed by atoms with Gasteiger partial charge in [0.05, 0.1) is 10.7 Å². The standard InChI is InChI=1S/C23H23ClF2N4O2/c1-3-19(31)29-7-8-30(13(2)12-29)23(27)16-11-17(24)20(22-21(16)28-6-9-32-22)15-5-4-14(25)10-18(15)26/h3-5,10-11,13,27-28H,1,6-9,12H2,2H3/t13-/m0/s1. The van der Waals surface area contributed by atoms with Crippen LogP contribution in [0, 0.1) is 17.0 Å². The van der Waals surface area contributed by atoms with Gasteiger partial charge in [0.2, 0.25) is 5.91 Å². The average Bonchev–Trinajstić information content (AvgIpc) is 2.78. The molecule has 0 unspecified atom stereocenters. The van der Waals surface area contributed by atoms with Gasteiger partial charge in [-0.1, -0.05) is 18.2 Å². The van der Waals surface area contributed by atoms with E-state index < -0.39 is 11.6 Å². The molecule has 1 atom stereocenters. The summed E-state index contributed by atoms with van der Waals surface area (Å²) in [5, 5.41) is 12.3. The van der Waals surface area contributed by atoms with Crippen molar-refractivity contribution in [2.75, 3.05) is 38.1 Å². The molecule has 0 aliphatic carbocycles. The normalized spacial score (nSPS) is 17.8. The molecule has 0 aromatic heterocycles. The van der Waals surface area contributed by atoms with Crippen molar-refractivity contribution in [2.24, 2.45) is 0 Å². The Morgan fingerprint density at radius 3 is 2.81 bits per heavy atom. The minimum atomic E-state index is -0.747. The molecular weight excluding hydrogens is 438 g/mol. The number of rotatable bonds is 3. The number of carbonyl (C=O) groups excluding carboxylic acids is 1. The van der Waals surface area contributed by atoms with Crippen LogP contribution in [0.25, 0.3) is 11.1 Å². The summed E-state index contributed by atoms with van der Waals surface area (Å²) in [5.41, 5.74) is 1.50. The second-order valence-corrected chi connectivity index (χ2v) is 8.17. The summed E-state index contributed by atoms with van der Waals surface area (Å²) in [7, 11) is 0. The highest BCUT2D eigenvalue weighted by atomic mass is 35.5. The molecular formula is C23H23ClF2N4O2. The number of benzene rings is 2. The molecule has 2 aliphatic heterocycles. The summed E-state index contributed by atoms with van der Waals surface area (Å²) in [6.07, 6.45) is 1.29. The van der Waals surface area contributed by atoms with Crippen LogP contribution in [0.1, 0.15) is 12.5 Å². The van der Waals surface area contributed by atoms with E-state index in [0.717, 1.165) is 6.07 Å². The summed E-state index contributed by atoms with van der Waals surface area (Å²) >= 11 is 6.57. The Bertz CT molecular complexity index is 1110. The molecule has 0 saturated carbocycles. The maximum absolute atomic E-state index is 14.6. The number of carbonyl (C=O) groups is 1. The Morgan fingerprint density at radius 2 is 2.12 bits per heavy atom. The third kappa shape index (κ3) is 3.90. The molecule has 1 fully saturated rings. The molecule has 4 rings (SSSR count). The first-order chi connectivity index (χ1) is 15.3. The Kier molecular flexibility index (Phi) is 6.06. The predicted octanol–water partition coefficient (Wildman–Crippen LogP) is 4.13. The van der Waals surface area contributed by atoms with Crippen LogP contribution in [0.5, 0.6) is 5.75 Å². The Morgan fingerprint density at radius 1 is 1.34 bits per heavy atom. The van der Waals surface area contributed by atoms with E-state index in [2.05, 4.69) is 11.9 Å². The number of fused-ring (bicyclic) bond motifs is 1. The fourth-order valence-electron chi connectivity index (χ4n) is 4.18. The number of hydrogen-bond acceptors (Lipinski definition) is 4. The molecule has 0 spiro atoms. The van der Waals surface area contributed by atoms with Crippen LogP contribution in [0.3, 0.4) is 0 Å². The average molecular weight is 461 g/mol. The van der Waals surface area contributed by atoms with Crippen LogP contribution in [0.4, 0.5) is 14.5 Å². The molecule has 2 aromatic carbocycles. The maximum Gasteiger partial charge on any atom is 0.246 e. The molecule has 2 aromatic rings. The highest BCUT2D eigenvalue weighted by molar-refractivity contribution is 6.34. The molecule has 1 saturated heterocycles. The first-order valence-electron chi connectivity index (χ1n) is 10.3. The van der Waals surface area contributed by atoms with Gasteiger partial charge in [-0.15, -0.1) is 0 Å². The topological polar surface area (TPSA) is 68.7 Å². The fourth-order valence-corrected chi connectivity index (χ4v) is 4.48. The van der Waals surface area contributed by atoms with Crippen molar-refractivity contribution in [2.45, 2.75) is 13.0 Å². The van der Waals surface area contributed by atoms with Gasteiger partial charge in [-0.3, -0.25) is 10.2 Å². The lowest BCUT2D eigenvalue weighted by Crippen LogP contribution is -2.55. The lowest BCUT2D eigenvalue weighted by molar-refractivity contribution is -0.128. The van der Waals surface area contributed by atoms with Gasteiger partial charge < -0.3 is 19.9 Å². The Labute approximate surface area is 189 Å². The third-order valence-electron chi connectivity index (χ3n) is 5.74. The quantitative estimate of drug-likeness (QED) is 0.410. The molecule has 2 N–H and O–H groups in total. The van der Waals surface area contributed by atoms with E-state index in [1.54, 1.807) is 11.0 Å². The summed E-state index contributed by atoms with van der Waals surface area (Å²) < 4.78 is 33.8. The van der Waals surface area contributed by atoms with E-state index in [4.69, 9.17) is 21.7 Å². The monoisotopic (exact) mass is 460 g/mol. The van der Waals surface area contributed by atoms with Gasteiger partial charge in [-0.05, 0) is 31.2 Å². The highest BCUT2D eigenvalue weighted by Gasteiger charge is 2.32. The number of nitrogens with one attached hydrogen (secondary N) is 2. The van der Waals surface area contributed by atoms with Crippen molar-refractivity contribution in [1.29, 1.82) is 5.41 Å². The molecule has 6 nitrogen and oxygen atoms in total. The Balaban J connectivity index is 1.73. The van der Waals surface area contributed by atoms with Crippen LogP contribution >= 0.6 is 11.6 Å². The number of piperazine rings is 1. The maximum atomic E-state index is 14.6. The largest absolute Gasteiger partial charge is 0.489 e. The van der Waals surface area contributed by atoms with E-state index in [0.29, 0.717) is 55.3 Å². The van der Waals surface area contributed by atoms with Crippen molar-refractivity contribution in [1.82, 2.24) is 9.80 Å². The van der Waals surface area contributed by atoms with Crippen LogP contribution < -0.4 is 10.1 Å². The van der Waals surface area contributed by atoms with E-state index in [1.165, 1.54) is 18.2 Å². The van der Waals surface area contributed by atoms with E-state index in [-0.39, 0.29) is 28.4 Å². The van der Waals surface area contributed by atoms with Crippen molar-refractivity contribution in [3.05, 3.63) is 59.1 Å². The summed E-state index contributed by atoms with van der Waals surface area (Å²) in [5.74, 6) is -1.00. The molecule has 32 heavy (non-hydrogen) atoms. The van der Waals surface area contributed by atoms with Gasteiger partial charge in [0.1, 0.15) is 24.1 Å². The van der Waals surface area contributed by atoms with Gasteiger partial charge in [-0.2, -0.15) is 0 Å². The lowest BCUT2D eigenvalue weighted by atomic mass is 9.97. The van der Waals surface area contributed by atoms with Gasteiger partial charge in [0.15, 0.2) is 5.75 Å². The third-order valence-corrected chi connectivity index (χ3v) is 6.04. The molecule has 168 valence electrons. The minimum absolute atomic E-state index is 0.103. The number of nitrogens with zero attached hydrogens (tertiary/aromatic N) is 2. The smallest absolute Gasteiger partial charge is 0.246 e. The van der Waals surface area contributed by atoms with Gasteiger partial charge >= 0.3 is 0 Å². The second kappa shape index (κ2) is 8.78. The molecule has 0 bridgehead atoms. The molecule has 2 heterocycles. The van der Waals surface area contributed by atoms with Crippen molar-refractivity contribution >= 4 is 29.0 Å². The van der Waals surface area contributed by atoms with Crippen LogP contribution in [0.15, 0.2) is 36.9 Å². The van der Waals surface area contributed by atoms with Crippen LogP contribution in [-0.4, -0.2) is 60.4 Å².